The highest BCUT2D eigenvalue weighted by Gasteiger charge is 2.28. The van der Waals surface area contributed by atoms with E-state index in [1.54, 1.807) is 42.8 Å². The molecule has 1 atom stereocenters. The lowest BCUT2D eigenvalue weighted by molar-refractivity contribution is 0.101. The van der Waals surface area contributed by atoms with Crippen molar-refractivity contribution in [2.24, 2.45) is 0 Å². The first kappa shape index (κ1) is 26.4. The lowest BCUT2D eigenvalue weighted by atomic mass is 10.1. The van der Waals surface area contributed by atoms with E-state index in [1.807, 2.05) is 29.6 Å². The molecule has 202 valence electrons. The fraction of sp³-hybridized carbons (Fsp3) is 0.286. The lowest BCUT2D eigenvalue weighted by Crippen LogP contribution is -2.23. The predicted molar refractivity (Wildman–Crippen MR) is 149 cm³/mol. The van der Waals surface area contributed by atoms with Crippen molar-refractivity contribution in [3.8, 4) is 0 Å². The summed E-state index contributed by atoms with van der Waals surface area (Å²) in [5.41, 5.74) is 3.77. The van der Waals surface area contributed by atoms with Crippen molar-refractivity contribution in [3.05, 3.63) is 89.2 Å². The van der Waals surface area contributed by atoms with Crippen molar-refractivity contribution in [1.29, 1.82) is 0 Å². The van der Waals surface area contributed by atoms with Gasteiger partial charge in [0.15, 0.2) is 5.13 Å². The van der Waals surface area contributed by atoms with Crippen LogP contribution in [0.5, 0.6) is 0 Å². The molecule has 1 fully saturated rings. The van der Waals surface area contributed by atoms with E-state index in [4.69, 9.17) is 9.72 Å². The van der Waals surface area contributed by atoms with Gasteiger partial charge in [-0.15, -0.1) is 11.3 Å². The third-order valence-electron chi connectivity index (χ3n) is 6.33. The summed E-state index contributed by atoms with van der Waals surface area (Å²) >= 11 is 1.39. The molecular weight excluding hydrogens is 519 g/mol. The van der Waals surface area contributed by atoms with Crippen LogP contribution in [0, 0.1) is 5.95 Å². The number of anilines is 3. The first-order valence-electron chi connectivity index (χ1n) is 12.7. The highest BCUT2D eigenvalue weighted by atomic mass is 32.1. The molecule has 11 heteroatoms. The van der Waals surface area contributed by atoms with E-state index >= 15 is 0 Å². The number of nitrogens with zero attached hydrogens (tertiary/aromatic N) is 4. The normalized spacial score (nSPS) is 15.0. The van der Waals surface area contributed by atoms with Crippen LogP contribution in [0.15, 0.2) is 66.3 Å². The van der Waals surface area contributed by atoms with Crippen molar-refractivity contribution in [2.75, 3.05) is 22.1 Å². The predicted octanol–water partition coefficient (Wildman–Crippen LogP) is 6.08. The van der Waals surface area contributed by atoms with Crippen LogP contribution in [0.2, 0.25) is 0 Å². The zero-order valence-electron chi connectivity index (χ0n) is 21.6. The maximum Gasteiger partial charge on any atom is 0.411 e. The molecule has 1 saturated heterocycles. The molecule has 39 heavy (non-hydrogen) atoms. The summed E-state index contributed by atoms with van der Waals surface area (Å²) in [6.07, 6.45) is 4.49. The number of nitrogens with one attached hydrogen (secondary N) is 2. The van der Waals surface area contributed by atoms with Gasteiger partial charge < -0.3 is 14.2 Å². The average Bonchev–Trinajstić information content (AvgIpc) is 3.65. The van der Waals surface area contributed by atoms with Gasteiger partial charge in [-0.3, -0.25) is 15.4 Å². The summed E-state index contributed by atoms with van der Waals surface area (Å²) < 4.78 is 20.4. The Morgan fingerprint density at radius 1 is 1.18 bits per heavy atom. The molecule has 1 aliphatic rings. The Morgan fingerprint density at radius 2 is 2.00 bits per heavy atom. The summed E-state index contributed by atoms with van der Waals surface area (Å²) in [6.45, 7) is 4.84. The Balaban J connectivity index is 1.23. The fourth-order valence-electron chi connectivity index (χ4n) is 4.63. The summed E-state index contributed by atoms with van der Waals surface area (Å²) in [4.78, 5) is 35.5. The fourth-order valence-corrected chi connectivity index (χ4v) is 5.39. The second-order valence-corrected chi connectivity index (χ2v) is 10.4. The standard InChI is InChI=1S/C28H29FN6O3S/c1-18(2)38-28(37)31-20-7-9-21(10-8-20)35-14-4-5-23(35)22-17-39-27(32-22)33-26(36)24-6-3-13-34(24)16-19-11-12-30-25(29)15-19/h3,6-13,15,17-18,23H,4-5,14,16H2,1-2H3,(H,31,37)(H,32,33,36)/t23-/m1/s1. The van der Waals surface area contributed by atoms with Crippen LogP contribution in [0.4, 0.5) is 25.7 Å². The number of pyridine rings is 1. The molecule has 5 rings (SSSR count). The van der Waals surface area contributed by atoms with Crippen LogP contribution >= 0.6 is 11.3 Å². The van der Waals surface area contributed by atoms with Gasteiger partial charge in [-0.05, 0) is 80.8 Å². The molecule has 2 N–H and O–H groups in total. The molecule has 9 nitrogen and oxygen atoms in total. The summed E-state index contributed by atoms with van der Waals surface area (Å²) in [6, 6.07) is 14.3. The number of hydrogen-bond acceptors (Lipinski definition) is 7. The number of aromatic nitrogens is 3. The van der Waals surface area contributed by atoms with Crippen molar-refractivity contribution in [2.45, 2.75) is 45.4 Å². The van der Waals surface area contributed by atoms with E-state index in [0.717, 1.165) is 30.8 Å². The molecule has 4 heterocycles. The summed E-state index contributed by atoms with van der Waals surface area (Å²) in [7, 11) is 0. The van der Waals surface area contributed by atoms with E-state index in [-0.39, 0.29) is 18.1 Å². The maximum atomic E-state index is 13.5. The minimum absolute atomic E-state index is 0.0852. The number of benzene rings is 1. The largest absolute Gasteiger partial charge is 0.447 e. The van der Waals surface area contributed by atoms with Gasteiger partial charge in [-0.1, -0.05) is 0 Å². The van der Waals surface area contributed by atoms with Crippen molar-refractivity contribution in [1.82, 2.24) is 14.5 Å². The van der Waals surface area contributed by atoms with Crippen molar-refractivity contribution < 1.29 is 18.7 Å². The van der Waals surface area contributed by atoms with E-state index in [1.165, 1.54) is 23.6 Å². The second-order valence-electron chi connectivity index (χ2n) is 9.52. The molecule has 4 aromatic rings. The minimum atomic E-state index is -0.555. The van der Waals surface area contributed by atoms with E-state index in [0.29, 0.717) is 28.6 Å². The van der Waals surface area contributed by atoms with Gasteiger partial charge in [0, 0.05) is 42.2 Å². The Labute approximate surface area is 229 Å². The molecule has 1 aromatic carbocycles. The number of halogens is 1. The summed E-state index contributed by atoms with van der Waals surface area (Å²) in [5.74, 6) is -0.835. The number of carbonyl (C=O) groups excluding carboxylic acids is 2. The third-order valence-corrected chi connectivity index (χ3v) is 7.11. The van der Waals surface area contributed by atoms with Gasteiger partial charge in [-0.2, -0.15) is 4.39 Å². The number of carbonyl (C=O) groups is 2. The van der Waals surface area contributed by atoms with Gasteiger partial charge in [0.2, 0.25) is 5.95 Å². The van der Waals surface area contributed by atoms with Crippen LogP contribution in [-0.2, 0) is 11.3 Å². The topological polar surface area (TPSA) is 101 Å². The first-order chi connectivity index (χ1) is 18.9. The van der Waals surface area contributed by atoms with Crippen LogP contribution in [0.25, 0.3) is 0 Å². The zero-order chi connectivity index (χ0) is 27.4. The molecule has 0 saturated carbocycles. The molecule has 0 bridgehead atoms. The smallest absolute Gasteiger partial charge is 0.411 e. The van der Waals surface area contributed by atoms with Crippen molar-refractivity contribution in [3.63, 3.8) is 0 Å². The van der Waals surface area contributed by atoms with Crippen molar-refractivity contribution >= 4 is 39.8 Å². The second kappa shape index (κ2) is 11.6. The van der Waals surface area contributed by atoms with E-state index < -0.39 is 12.0 Å². The maximum absolute atomic E-state index is 13.5. The van der Waals surface area contributed by atoms with Crippen LogP contribution in [-0.4, -0.2) is 39.2 Å². The highest BCUT2D eigenvalue weighted by Crippen LogP contribution is 2.37. The first-order valence-corrected chi connectivity index (χ1v) is 13.6. The minimum Gasteiger partial charge on any atom is -0.447 e. The molecular formula is C28H29FN6O3S. The molecule has 0 radical (unpaired) electrons. The van der Waals surface area contributed by atoms with Gasteiger partial charge in [0.25, 0.3) is 5.91 Å². The Kier molecular flexibility index (Phi) is 7.87. The van der Waals surface area contributed by atoms with E-state index in [2.05, 4.69) is 20.5 Å². The molecule has 1 aliphatic heterocycles. The number of ether oxygens (including phenoxy) is 1. The molecule has 3 aromatic heterocycles. The third kappa shape index (κ3) is 6.43. The molecule has 0 aliphatic carbocycles. The van der Waals surface area contributed by atoms with Gasteiger partial charge in [0.1, 0.15) is 5.69 Å². The van der Waals surface area contributed by atoms with E-state index in [9.17, 15) is 14.0 Å². The highest BCUT2D eigenvalue weighted by molar-refractivity contribution is 7.14. The Hall–Kier alpha value is -4.25. The number of amides is 2. The summed E-state index contributed by atoms with van der Waals surface area (Å²) in [5, 5.41) is 8.15. The Bertz CT molecular complexity index is 1450. The molecule has 2 amide bonds. The monoisotopic (exact) mass is 548 g/mol. The van der Waals surface area contributed by atoms with Gasteiger partial charge in [-0.25, -0.2) is 14.8 Å². The van der Waals surface area contributed by atoms with Gasteiger partial charge >= 0.3 is 6.09 Å². The Morgan fingerprint density at radius 3 is 2.77 bits per heavy atom. The molecule has 0 unspecified atom stereocenters. The van der Waals surface area contributed by atoms with Crippen LogP contribution in [0.1, 0.15) is 54.5 Å². The number of thiazole rings is 1. The SMILES string of the molecule is CC(C)OC(=O)Nc1ccc(N2CCC[C@@H]2c2csc(NC(=O)c3cccn3Cc3ccnc(F)c3)n2)cc1. The quantitative estimate of drug-likeness (QED) is 0.259. The average molecular weight is 549 g/mol. The number of rotatable bonds is 8. The molecule has 0 spiro atoms. The number of hydrogen-bond donors (Lipinski definition) is 2. The van der Waals surface area contributed by atoms with Crippen LogP contribution in [0.3, 0.4) is 0 Å². The van der Waals surface area contributed by atoms with Gasteiger partial charge in [0.05, 0.1) is 17.8 Å². The van der Waals surface area contributed by atoms with Crippen LogP contribution < -0.4 is 15.5 Å². The zero-order valence-corrected chi connectivity index (χ0v) is 22.5. The lowest BCUT2D eigenvalue weighted by Gasteiger charge is -2.26.